The van der Waals surface area contributed by atoms with E-state index in [4.69, 9.17) is 12.2 Å². The lowest BCUT2D eigenvalue weighted by molar-refractivity contribution is -0.943. The molecule has 146 valence electrons. The van der Waals surface area contributed by atoms with Gasteiger partial charge in [-0.25, -0.2) is 12.8 Å². The molecule has 1 unspecified atom stereocenters. The minimum Gasteiger partial charge on any atom is -0.313 e. The number of aromatic nitrogens is 3. The number of hydrogen-bond donors (Lipinski definition) is 1. The second-order valence-corrected chi connectivity index (χ2v) is 10.1. The predicted molar refractivity (Wildman–Crippen MR) is 103 cm³/mol. The summed E-state index contributed by atoms with van der Waals surface area (Å²) in [7, 11) is -2.94. The van der Waals surface area contributed by atoms with Crippen LogP contribution in [0.2, 0.25) is 0 Å². The third-order valence-corrected chi connectivity index (χ3v) is 7.69. The summed E-state index contributed by atoms with van der Waals surface area (Å²) in [6.45, 7) is 3.32. The van der Waals surface area contributed by atoms with Crippen molar-refractivity contribution < 1.29 is 17.7 Å². The van der Waals surface area contributed by atoms with Crippen molar-refractivity contribution in [2.75, 3.05) is 18.1 Å². The highest BCUT2D eigenvalue weighted by Gasteiger charge is 2.36. The van der Waals surface area contributed by atoms with E-state index in [1.165, 1.54) is 6.07 Å². The van der Waals surface area contributed by atoms with Gasteiger partial charge in [0.2, 0.25) is 4.77 Å². The molecule has 2 fully saturated rings. The molecule has 2 aromatic rings. The Balaban J connectivity index is 1.68. The summed E-state index contributed by atoms with van der Waals surface area (Å²) < 4.78 is 42.4. The summed E-state index contributed by atoms with van der Waals surface area (Å²) in [6, 6.07) is 6.95. The molecule has 1 aromatic carbocycles. The fourth-order valence-electron chi connectivity index (χ4n) is 3.85. The Morgan fingerprint density at radius 1 is 1.30 bits per heavy atom. The number of quaternary nitrogens is 1. The average Bonchev–Trinajstić information content (AvgIpc) is 3.33. The van der Waals surface area contributed by atoms with Gasteiger partial charge in [-0.15, -0.1) is 5.10 Å². The van der Waals surface area contributed by atoms with Crippen molar-refractivity contribution in [2.45, 2.75) is 44.9 Å². The van der Waals surface area contributed by atoms with Crippen molar-refractivity contribution in [3.63, 3.8) is 0 Å². The summed E-state index contributed by atoms with van der Waals surface area (Å²) >= 11 is 5.67. The maximum atomic E-state index is 14.4. The Labute approximate surface area is 163 Å². The van der Waals surface area contributed by atoms with Crippen LogP contribution in [-0.2, 0) is 16.5 Å². The number of nitrogens with zero attached hydrogens (tertiary/aromatic N) is 3. The summed E-state index contributed by atoms with van der Waals surface area (Å²) in [5.41, 5.74) is 0.454. The first-order chi connectivity index (χ1) is 12.9. The van der Waals surface area contributed by atoms with Gasteiger partial charge in [0.15, 0.2) is 22.3 Å². The molecule has 1 aliphatic heterocycles. The summed E-state index contributed by atoms with van der Waals surface area (Å²) in [4.78, 5) is 1.15. The molecular formula is C18H24FN4O2S2+. The van der Waals surface area contributed by atoms with Gasteiger partial charge in [0, 0.05) is 12.5 Å². The number of benzene rings is 1. The molecule has 2 atom stereocenters. The molecular weight excluding hydrogens is 387 g/mol. The van der Waals surface area contributed by atoms with Gasteiger partial charge < -0.3 is 4.90 Å². The minimum atomic E-state index is -2.94. The molecule has 1 aromatic heterocycles. The van der Waals surface area contributed by atoms with E-state index in [1.807, 2.05) is 11.5 Å². The van der Waals surface area contributed by atoms with Gasteiger partial charge in [-0.2, -0.15) is 4.68 Å². The van der Waals surface area contributed by atoms with Crippen molar-refractivity contribution >= 4 is 22.1 Å². The highest BCUT2D eigenvalue weighted by Crippen LogP contribution is 2.38. The van der Waals surface area contributed by atoms with Gasteiger partial charge in [-0.05, 0) is 44.1 Å². The Bertz CT molecular complexity index is 1010. The molecule has 0 bridgehead atoms. The van der Waals surface area contributed by atoms with E-state index in [9.17, 15) is 12.8 Å². The molecule has 1 N–H and O–H groups in total. The average molecular weight is 412 g/mol. The SMILES string of the molecule is CC[NH+](Cn1nc(-c2ccccc2F)n(C2CC2)c1=S)[C@@H]1CCS(=O)(=O)C1. The van der Waals surface area contributed by atoms with E-state index in [0.717, 1.165) is 24.3 Å². The zero-order valence-corrected chi connectivity index (χ0v) is 16.9. The van der Waals surface area contributed by atoms with E-state index in [1.54, 1.807) is 22.9 Å². The third-order valence-electron chi connectivity index (χ3n) is 5.51. The largest absolute Gasteiger partial charge is 0.313 e. The van der Waals surface area contributed by atoms with Gasteiger partial charge >= 0.3 is 0 Å². The Morgan fingerprint density at radius 2 is 2.04 bits per heavy atom. The molecule has 1 saturated heterocycles. The predicted octanol–water partition coefficient (Wildman–Crippen LogP) is 1.60. The maximum Gasteiger partial charge on any atom is 0.203 e. The lowest BCUT2D eigenvalue weighted by Gasteiger charge is -2.23. The lowest BCUT2D eigenvalue weighted by Crippen LogP contribution is -3.15. The lowest BCUT2D eigenvalue weighted by atomic mass is 10.2. The second-order valence-electron chi connectivity index (χ2n) is 7.46. The normalized spacial score (nSPS) is 22.8. The minimum absolute atomic E-state index is 0.0601. The molecule has 0 radical (unpaired) electrons. The Hall–Kier alpha value is -1.58. The molecule has 1 saturated carbocycles. The molecule has 4 rings (SSSR count). The van der Waals surface area contributed by atoms with Crippen LogP contribution in [0, 0.1) is 10.6 Å². The smallest absolute Gasteiger partial charge is 0.203 e. The van der Waals surface area contributed by atoms with Gasteiger partial charge in [0.25, 0.3) is 0 Å². The van der Waals surface area contributed by atoms with Gasteiger partial charge in [0.1, 0.15) is 17.6 Å². The van der Waals surface area contributed by atoms with Crippen molar-refractivity contribution in [3.05, 3.63) is 34.9 Å². The molecule has 1 aliphatic carbocycles. The van der Waals surface area contributed by atoms with Crippen LogP contribution in [0.3, 0.4) is 0 Å². The number of rotatable bonds is 6. The summed E-state index contributed by atoms with van der Waals surface area (Å²) in [5, 5.41) is 4.66. The third kappa shape index (κ3) is 3.72. The molecule has 9 heteroatoms. The molecule has 0 amide bonds. The number of hydrogen-bond acceptors (Lipinski definition) is 4. The topological polar surface area (TPSA) is 61.3 Å². The van der Waals surface area contributed by atoms with Crippen molar-refractivity contribution in [3.8, 4) is 11.4 Å². The van der Waals surface area contributed by atoms with E-state index >= 15 is 0 Å². The highest BCUT2D eigenvalue weighted by atomic mass is 32.2. The quantitative estimate of drug-likeness (QED) is 0.734. The maximum absolute atomic E-state index is 14.4. The van der Waals surface area contributed by atoms with Crippen LogP contribution < -0.4 is 4.90 Å². The van der Waals surface area contributed by atoms with Crippen LogP contribution in [0.1, 0.15) is 32.2 Å². The van der Waals surface area contributed by atoms with E-state index < -0.39 is 9.84 Å². The molecule has 2 aliphatic rings. The Kier molecular flexibility index (Phi) is 4.94. The fourth-order valence-corrected chi connectivity index (χ4v) is 6.02. The number of sulfone groups is 1. The van der Waals surface area contributed by atoms with Crippen LogP contribution >= 0.6 is 12.2 Å². The standard InChI is InChI=1S/C18H23FN4O2S2/c1-2-21(14-9-10-27(24,25)11-14)12-22-18(26)23(13-7-8-13)17(20-22)15-5-3-4-6-16(15)19/h3-6,13-14H,2,7-12H2,1H3/p+1/t14-/m1/s1. The molecule has 6 nitrogen and oxygen atoms in total. The van der Waals surface area contributed by atoms with Gasteiger partial charge in [0.05, 0.1) is 17.9 Å². The van der Waals surface area contributed by atoms with Crippen LogP contribution in [0.15, 0.2) is 24.3 Å². The second kappa shape index (κ2) is 7.10. The zero-order valence-electron chi connectivity index (χ0n) is 15.3. The van der Waals surface area contributed by atoms with Crippen LogP contribution in [0.5, 0.6) is 0 Å². The van der Waals surface area contributed by atoms with Crippen LogP contribution in [-0.4, -0.2) is 46.9 Å². The molecule has 27 heavy (non-hydrogen) atoms. The fraction of sp³-hybridized carbons (Fsp3) is 0.556. The highest BCUT2D eigenvalue weighted by molar-refractivity contribution is 7.91. The monoisotopic (exact) mass is 411 g/mol. The van der Waals surface area contributed by atoms with Crippen molar-refractivity contribution in [2.24, 2.45) is 0 Å². The molecule has 0 spiro atoms. The van der Waals surface area contributed by atoms with Crippen LogP contribution in [0.4, 0.5) is 4.39 Å². The zero-order chi connectivity index (χ0) is 19.2. The van der Waals surface area contributed by atoms with Crippen LogP contribution in [0.25, 0.3) is 11.4 Å². The number of nitrogens with one attached hydrogen (secondary N) is 1. The van der Waals surface area contributed by atoms with Gasteiger partial charge in [-0.3, -0.25) is 4.57 Å². The first kappa shape index (κ1) is 18.8. The van der Waals surface area contributed by atoms with E-state index in [0.29, 0.717) is 29.2 Å². The van der Waals surface area contributed by atoms with Gasteiger partial charge in [-0.1, -0.05) is 12.1 Å². The van der Waals surface area contributed by atoms with E-state index in [-0.39, 0.29) is 29.4 Å². The van der Waals surface area contributed by atoms with E-state index in [2.05, 4.69) is 5.10 Å². The Morgan fingerprint density at radius 3 is 2.63 bits per heavy atom. The molecule has 2 heterocycles. The first-order valence-corrected chi connectivity index (χ1v) is 11.6. The first-order valence-electron chi connectivity index (χ1n) is 9.39. The summed E-state index contributed by atoms with van der Waals surface area (Å²) in [5.74, 6) is 0.722. The van der Waals surface area contributed by atoms with Crippen molar-refractivity contribution in [1.82, 2.24) is 14.3 Å². The summed E-state index contributed by atoms with van der Waals surface area (Å²) in [6.07, 6.45) is 2.71. The number of halogens is 1. The van der Waals surface area contributed by atoms with Crippen molar-refractivity contribution in [1.29, 1.82) is 0 Å².